The Morgan fingerprint density at radius 2 is 1.61 bits per heavy atom. The number of fused-ring (bicyclic) bond motifs is 4. The molecule has 2 aromatic carbocycles. The second-order valence-electron chi connectivity index (χ2n) is 6.80. The maximum atomic E-state index is 5.65. The van der Waals surface area contributed by atoms with Gasteiger partial charge in [-0.1, -0.05) is 24.3 Å². The number of aromatic nitrogens is 3. The molecule has 6 rings (SSSR count). The second-order valence-corrected chi connectivity index (χ2v) is 6.80. The van der Waals surface area contributed by atoms with Crippen molar-refractivity contribution in [3.63, 3.8) is 0 Å². The van der Waals surface area contributed by atoms with Crippen molar-refractivity contribution < 1.29 is 4.42 Å². The van der Waals surface area contributed by atoms with Gasteiger partial charge in [-0.2, -0.15) is 0 Å². The molecule has 0 saturated heterocycles. The summed E-state index contributed by atoms with van der Waals surface area (Å²) in [4.78, 5) is 9.05. The molecule has 4 heterocycles. The summed E-state index contributed by atoms with van der Waals surface area (Å²) in [6, 6.07) is 24.7. The lowest BCUT2D eigenvalue weighted by Crippen LogP contribution is -1.95. The first-order valence-electron chi connectivity index (χ1n) is 9.17. The van der Waals surface area contributed by atoms with Crippen molar-refractivity contribution in [1.82, 2.24) is 14.5 Å². The van der Waals surface area contributed by atoms with Crippen molar-refractivity contribution >= 4 is 32.8 Å². The highest BCUT2D eigenvalue weighted by Crippen LogP contribution is 2.35. The van der Waals surface area contributed by atoms with Crippen LogP contribution in [-0.2, 0) is 0 Å². The minimum atomic E-state index is 0.860. The number of nitrogens with zero attached hydrogens (tertiary/aromatic N) is 3. The van der Waals surface area contributed by atoms with Crippen LogP contribution in [0.5, 0.6) is 0 Å². The Hall–Kier alpha value is -3.92. The maximum absolute atomic E-state index is 5.65. The van der Waals surface area contributed by atoms with Crippen molar-refractivity contribution in [3.8, 4) is 17.1 Å². The zero-order valence-corrected chi connectivity index (χ0v) is 14.9. The van der Waals surface area contributed by atoms with E-state index < -0.39 is 0 Å². The van der Waals surface area contributed by atoms with E-state index in [1.807, 2.05) is 36.5 Å². The van der Waals surface area contributed by atoms with Gasteiger partial charge >= 0.3 is 0 Å². The number of benzene rings is 2. The first kappa shape index (κ1) is 15.2. The maximum Gasteiger partial charge on any atom is 0.135 e. The highest BCUT2D eigenvalue weighted by Gasteiger charge is 2.14. The van der Waals surface area contributed by atoms with Gasteiger partial charge < -0.3 is 8.98 Å². The largest absolute Gasteiger partial charge is 0.464 e. The predicted molar refractivity (Wildman–Crippen MR) is 112 cm³/mol. The lowest BCUT2D eigenvalue weighted by atomic mass is 10.1. The van der Waals surface area contributed by atoms with Gasteiger partial charge in [0.05, 0.1) is 40.6 Å². The molecule has 0 N–H and O–H groups in total. The molecule has 4 heteroatoms. The number of rotatable bonds is 2. The SMILES string of the molecule is c1ccc(-c2ccc(-n3c4ccccc4c4cc5ccoc5cc43)cn2)nc1. The molecule has 4 nitrogen and oxygen atoms in total. The first-order chi connectivity index (χ1) is 13.9. The molecule has 0 fully saturated rings. The normalized spacial score (nSPS) is 11.6. The summed E-state index contributed by atoms with van der Waals surface area (Å²) in [6.07, 6.45) is 5.42. The van der Waals surface area contributed by atoms with Gasteiger partial charge in [-0.3, -0.25) is 9.97 Å². The summed E-state index contributed by atoms with van der Waals surface area (Å²) in [5.74, 6) is 0. The molecule has 132 valence electrons. The summed E-state index contributed by atoms with van der Waals surface area (Å²) >= 11 is 0. The average molecular weight is 361 g/mol. The van der Waals surface area contributed by atoms with Crippen LogP contribution in [-0.4, -0.2) is 14.5 Å². The second kappa shape index (κ2) is 5.79. The van der Waals surface area contributed by atoms with Crippen molar-refractivity contribution in [2.75, 3.05) is 0 Å². The average Bonchev–Trinajstić information content (AvgIpc) is 3.35. The molecule has 28 heavy (non-hydrogen) atoms. The van der Waals surface area contributed by atoms with Gasteiger partial charge in [-0.25, -0.2) is 0 Å². The summed E-state index contributed by atoms with van der Waals surface area (Å²) < 4.78 is 7.89. The van der Waals surface area contributed by atoms with Gasteiger partial charge in [0.25, 0.3) is 0 Å². The van der Waals surface area contributed by atoms with E-state index in [1.54, 1.807) is 12.5 Å². The summed E-state index contributed by atoms with van der Waals surface area (Å²) in [5, 5.41) is 3.53. The summed E-state index contributed by atoms with van der Waals surface area (Å²) in [5.41, 5.74) is 5.88. The first-order valence-corrected chi connectivity index (χ1v) is 9.17. The van der Waals surface area contributed by atoms with E-state index in [4.69, 9.17) is 4.42 Å². The molecule has 4 aromatic heterocycles. The van der Waals surface area contributed by atoms with Crippen LogP contribution in [0.2, 0.25) is 0 Å². The quantitative estimate of drug-likeness (QED) is 0.381. The fraction of sp³-hybridized carbons (Fsp3) is 0. The van der Waals surface area contributed by atoms with Crippen LogP contribution in [0, 0.1) is 0 Å². The fourth-order valence-corrected chi connectivity index (χ4v) is 3.89. The number of furan rings is 1. The molecule has 0 aliphatic rings. The van der Waals surface area contributed by atoms with Gasteiger partial charge in [-0.15, -0.1) is 0 Å². The number of hydrogen-bond acceptors (Lipinski definition) is 3. The molecule has 0 unspecified atom stereocenters. The number of para-hydroxylation sites is 1. The highest BCUT2D eigenvalue weighted by molar-refractivity contribution is 6.12. The molecule has 0 spiro atoms. The van der Waals surface area contributed by atoms with Gasteiger partial charge in [0.1, 0.15) is 5.58 Å². The third kappa shape index (κ3) is 2.18. The monoisotopic (exact) mass is 361 g/mol. The van der Waals surface area contributed by atoms with Crippen molar-refractivity contribution in [3.05, 3.63) is 91.5 Å². The van der Waals surface area contributed by atoms with Crippen LogP contribution in [0.3, 0.4) is 0 Å². The molecule has 0 saturated carbocycles. The molecular formula is C24H15N3O. The highest BCUT2D eigenvalue weighted by atomic mass is 16.3. The van der Waals surface area contributed by atoms with Gasteiger partial charge in [-0.05, 0) is 42.5 Å². The Morgan fingerprint density at radius 1 is 0.714 bits per heavy atom. The Kier molecular flexibility index (Phi) is 3.14. The van der Waals surface area contributed by atoms with Crippen molar-refractivity contribution in [2.24, 2.45) is 0 Å². The van der Waals surface area contributed by atoms with Gasteiger partial charge in [0.15, 0.2) is 0 Å². The van der Waals surface area contributed by atoms with E-state index >= 15 is 0 Å². The van der Waals surface area contributed by atoms with E-state index in [2.05, 4.69) is 57.0 Å². The van der Waals surface area contributed by atoms with E-state index in [1.165, 1.54) is 10.8 Å². The van der Waals surface area contributed by atoms with Crippen LogP contribution in [0.1, 0.15) is 0 Å². The molecule has 0 aliphatic heterocycles. The van der Waals surface area contributed by atoms with E-state index in [-0.39, 0.29) is 0 Å². The van der Waals surface area contributed by atoms with Crippen LogP contribution in [0.15, 0.2) is 95.9 Å². The minimum Gasteiger partial charge on any atom is -0.464 e. The Bertz CT molecular complexity index is 1440. The smallest absolute Gasteiger partial charge is 0.135 e. The minimum absolute atomic E-state index is 0.860. The van der Waals surface area contributed by atoms with Crippen molar-refractivity contribution in [1.29, 1.82) is 0 Å². The standard InChI is InChI=1S/C24H15N3O/c1-2-7-22-18(5-1)19-13-16-10-12-28-24(16)14-23(19)27(22)17-8-9-21(26-15-17)20-6-3-4-11-25-20/h1-15H. The number of pyridine rings is 2. The molecule has 0 radical (unpaired) electrons. The van der Waals surface area contributed by atoms with Crippen LogP contribution < -0.4 is 0 Å². The van der Waals surface area contributed by atoms with Gasteiger partial charge in [0, 0.05) is 28.4 Å². The van der Waals surface area contributed by atoms with Crippen LogP contribution in [0.25, 0.3) is 49.9 Å². The number of hydrogen-bond donors (Lipinski definition) is 0. The topological polar surface area (TPSA) is 43.9 Å². The Labute approximate surface area is 160 Å². The zero-order valence-electron chi connectivity index (χ0n) is 14.9. The molecule has 0 atom stereocenters. The van der Waals surface area contributed by atoms with Crippen molar-refractivity contribution in [2.45, 2.75) is 0 Å². The van der Waals surface area contributed by atoms with E-state index in [9.17, 15) is 0 Å². The molecule has 6 aromatic rings. The molecular weight excluding hydrogens is 346 g/mol. The van der Waals surface area contributed by atoms with Crippen LogP contribution >= 0.6 is 0 Å². The van der Waals surface area contributed by atoms with Crippen LogP contribution in [0.4, 0.5) is 0 Å². The van der Waals surface area contributed by atoms with E-state index in [0.29, 0.717) is 0 Å². The zero-order chi connectivity index (χ0) is 18.5. The van der Waals surface area contributed by atoms with Gasteiger partial charge in [0.2, 0.25) is 0 Å². The lowest BCUT2D eigenvalue weighted by molar-refractivity contribution is 0.616. The molecule has 0 bridgehead atoms. The third-order valence-corrected chi connectivity index (χ3v) is 5.18. The Balaban J connectivity index is 1.62. The molecule has 0 amide bonds. The van der Waals surface area contributed by atoms with E-state index in [0.717, 1.165) is 39.1 Å². The summed E-state index contributed by atoms with van der Waals surface area (Å²) in [7, 11) is 0. The summed E-state index contributed by atoms with van der Waals surface area (Å²) in [6.45, 7) is 0. The fourth-order valence-electron chi connectivity index (χ4n) is 3.89. The Morgan fingerprint density at radius 3 is 2.46 bits per heavy atom. The third-order valence-electron chi connectivity index (χ3n) is 5.18. The molecule has 0 aliphatic carbocycles. The lowest BCUT2D eigenvalue weighted by Gasteiger charge is -2.08. The predicted octanol–water partition coefficient (Wildman–Crippen LogP) is 5.99.